The van der Waals surface area contributed by atoms with E-state index in [-0.39, 0.29) is 11.7 Å². The predicted molar refractivity (Wildman–Crippen MR) is 72.7 cm³/mol. The molecular formula is C12H10BrNO3S. The van der Waals surface area contributed by atoms with Gasteiger partial charge in [-0.05, 0) is 34.3 Å². The topological polar surface area (TPSA) is 54.6 Å². The summed E-state index contributed by atoms with van der Waals surface area (Å²) in [5.41, 5.74) is 2.10. The van der Waals surface area contributed by atoms with Gasteiger partial charge < -0.3 is 14.5 Å². The number of nitrogens with one attached hydrogen (secondary N) is 1. The molecule has 0 aromatic carbocycles. The maximum atomic E-state index is 12.1. The zero-order chi connectivity index (χ0) is 12.3. The fraction of sp³-hybridized carbons (Fsp3) is 0.417. The Morgan fingerprint density at radius 3 is 3.06 bits per heavy atom. The minimum absolute atomic E-state index is 0.0401. The van der Waals surface area contributed by atoms with E-state index in [0.717, 1.165) is 38.2 Å². The molecule has 1 N–H and O–H groups in total. The van der Waals surface area contributed by atoms with E-state index in [2.05, 4.69) is 20.9 Å². The molecule has 4 nitrogen and oxygen atoms in total. The highest BCUT2D eigenvalue weighted by molar-refractivity contribution is 9.11. The Labute approximate surface area is 115 Å². The van der Waals surface area contributed by atoms with Gasteiger partial charge in [-0.1, -0.05) is 0 Å². The fourth-order valence-electron chi connectivity index (χ4n) is 2.51. The van der Waals surface area contributed by atoms with Gasteiger partial charge in [0.1, 0.15) is 14.6 Å². The number of hydrogen-bond acceptors (Lipinski definition) is 4. The standard InChI is InChI=1S/C12H10BrNO3S/c13-11-9-7-5(2-1-3-16-9)8(6-4-17-6)14-12(15)10(7)18-11/h6H,1-4H2,(H,14,15). The molecule has 0 spiro atoms. The third kappa shape index (κ3) is 1.49. The van der Waals surface area contributed by atoms with E-state index in [1.807, 2.05) is 0 Å². The summed E-state index contributed by atoms with van der Waals surface area (Å²) in [4.78, 5) is 15.1. The fourth-order valence-corrected chi connectivity index (χ4v) is 4.21. The molecule has 2 aromatic rings. The molecule has 0 amide bonds. The van der Waals surface area contributed by atoms with Crippen molar-refractivity contribution in [1.82, 2.24) is 4.98 Å². The van der Waals surface area contributed by atoms with Crippen molar-refractivity contribution in [3.8, 4) is 5.75 Å². The summed E-state index contributed by atoms with van der Waals surface area (Å²) in [6, 6.07) is 0. The first-order valence-electron chi connectivity index (χ1n) is 5.87. The summed E-state index contributed by atoms with van der Waals surface area (Å²) >= 11 is 4.93. The molecule has 2 aliphatic heterocycles. The van der Waals surface area contributed by atoms with Crippen LogP contribution in [0, 0.1) is 0 Å². The van der Waals surface area contributed by atoms with E-state index < -0.39 is 0 Å². The summed E-state index contributed by atoms with van der Waals surface area (Å²) in [5, 5.41) is 0.985. The van der Waals surface area contributed by atoms with Crippen molar-refractivity contribution < 1.29 is 9.47 Å². The van der Waals surface area contributed by atoms with Gasteiger partial charge >= 0.3 is 0 Å². The second-order valence-corrected chi connectivity index (χ2v) is 6.87. The molecule has 2 aromatic heterocycles. The average Bonchev–Trinajstić information content (AvgIpc) is 3.14. The number of thiophene rings is 1. The van der Waals surface area contributed by atoms with E-state index in [1.165, 1.54) is 16.9 Å². The molecule has 0 bridgehead atoms. The maximum Gasteiger partial charge on any atom is 0.266 e. The lowest BCUT2D eigenvalue weighted by Gasteiger charge is -2.06. The number of H-pyrrole nitrogens is 1. The van der Waals surface area contributed by atoms with Crippen molar-refractivity contribution in [3.05, 3.63) is 25.4 Å². The molecule has 4 heterocycles. The zero-order valence-electron chi connectivity index (χ0n) is 9.42. The molecule has 2 aliphatic rings. The summed E-state index contributed by atoms with van der Waals surface area (Å²) in [6.07, 6.45) is 1.97. The highest BCUT2D eigenvalue weighted by Crippen LogP contribution is 2.45. The lowest BCUT2D eigenvalue weighted by Crippen LogP contribution is -2.11. The van der Waals surface area contributed by atoms with Gasteiger partial charge in [0.2, 0.25) is 0 Å². The van der Waals surface area contributed by atoms with E-state index in [0.29, 0.717) is 13.2 Å². The first-order valence-corrected chi connectivity index (χ1v) is 7.48. The highest BCUT2D eigenvalue weighted by atomic mass is 79.9. The van der Waals surface area contributed by atoms with E-state index in [9.17, 15) is 4.79 Å². The van der Waals surface area contributed by atoms with Gasteiger partial charge in [0.05, 0.1) is 18.9 Å². The van der Waals surface area contributed by atoms with Crippen LogP contribution < -0.4 is 10.3 Å². The number of ether oxygens (including phenoxy) is 2. The van der Waals surface area contributed by atoms with Crippen molar-refractivity contribution in [2.24, 2.45) is 0 Å². The molecule has 94 valence electrons. The number of hydrogen-bond donors (Lipinski definition) is 1. The number of rotatable bonds is 1. The Morgan fingerprint density at radius 1 is 1.44 bits per heavy atom. The SMILES string of the molecule is O=c1[nH]c(C2CO2)c2c3c(c(Br)sc13)OCCC2. The summed E-state index contributed by atoms with van der Waals surface area (Å²) < 4.78 is 12.8. The van der Waals surface area contributed by atoms with Crippen LogP contribution in [0.1, 0.15) is 23.8 Å². The summed E-state index contributed by atoms with van der Waals surface area (Å²) in [6.45, 7) is 1.40. The van der Waals surface area contributed by atoms with E-state index >= 15 is 0 Å². The molecule has 0 saturated carbocycles. The lowest BCUT2D eigenvalue weighted by atomic mass is 10.0. The number of aromatic nitrogens is 1. The Bertz CT molecular complexity index is 701. The van der Waals surface area contributed by atoms with Gasteiger partial charge in [0.15, 0.2) is 5.75 Å². The first-order chi connectivity index (χ1) is 8.75. The van der Waals surface area contributed by atoms with Crippen molar-refractivity contribution in [1.29, 1.82) is 0 Å². The van der Waals surface area contributed by atoms with Crippen molar-refractivity contribution in [2.75, 3.05) is 13.2 Å². The molecule has 1 unspecified atom stereocenters. The van der Waals surface area contributed by atoms with Crippen LogP contribution in [0.25, 0.3) is 10.1 Å². The largest absolute Gasteiger partial charge is 0.491 e. The molecule has 1 saturated heterocycles. The number of epoxide rings is 1. The molecule has 4 rings (SSSR count). The quantitative estimate of drug-likeness (QED) is 0.819. The molecule has 0 aliphatic carbocycles. The van der Waals surface area contributed by atoms with Gasteiger partial charge in [-0.3, -0.25) is 4.79 Å². The monoisotopic (exact) mass is 327 g/mol. The third-order valence-electron chi connectivity index (χ3n) is 3.38. The first kappa shape index (κ1) is 11.0. The number of aromatic amines is 1. The third-order valence-corrected chi connectivity index (χ3v) is 5.18. The highest BCUT2D eigenvalue weighted by Gasteiger charge is 2.32. The van der Waals surface area contributed by atoms with Crippen LogP contribution in [0.4, 0.5) is 0 Å². The Hall–Kier alpha value is -0.850. The van der Waals surface area contributed by atoms with E-state index in [4.69, 9.17) is 9.47 Å². The van der Waals surface area contributed by atoms with Crippen molar-refractivity contribution >= 4 is 37.4 Å². The number of aryl methyl sites for hydroxylation is 1. The summed E-state index contributed by atoms with van der Waals surface area (Å²) in [7, 11) is 0. The smallest absolute Gasteiger partial charge is 0.266 e. The molecule has 0 radical (unpaired) electrons. The molecule has 1 fully saturated rings. The maximum absolute atomic E-state index is 12.1. The molecule has 6 heteroatoms. The van der Waals surface area contributed by atoms with Crippen LogP contribution in [0.15, 0.2) is 8.58 Å². The molecular weight excluding hydrogens is 318 g/mol. The van der Waals surface area contributed by atoms with Crippen molar-refractivity contribution in [2.45, 2.75) is 18.9 Å². The minimum atomic E-state index is -0.0401. The van der Waals surface area contributed by atoms with Gasteiger partial charge in [0, 0.05) is 5.39 Å². The Balaban J connectivity index is 2.15. The lowest BCUT2D eigenvalue weighted by molar-refractivity contribution is 0.318. The second kappa shape index (κ2) is 3.82. The molecule has 1 atom stereocenters. The van der Waals surface area contributed by atoms with Gasteiger partial charge in [-0.15, -0.1) is 11.3 Å². The number of pyridine rings is 1. The minimum Gasteiger partial charge on any atom is -0.491 e. The van der Waals surface area contributed by atoms with Gasteiger partial charge in [-0.2, -0.15) is 0 Å². The van der Waals surface area contributed by atoms with Gasteiger partial charge in [-0.25, -0.2) is 0 Å². The van der Waals surface area contributed by atoms with E-state index in [1.54, 1.807) is 0 Å². The van der Waals surface area contributed by atoms with Crippen LogP contribution >= 0.6 is 27.3 Å². The second-order valence-electron chi connectivity index (χ2n) is 4.53. The normalized spacial score (nSPS) is 21.7. The average molecular weight is 328 g/mol. The number of halogens is 1. The van der Waals surface area contributed by atoms with Crippen molar-refractivity contribution in [3.63, 3.8) is 0 Å². The van der Waals surface area contributed by atoms with Crippen LogP contribution in [-0.2, 0) is 11.2 Å². The molecule has 18 heavy (non-hydrogen) atoms. The Kier molecular flexibility index (Phi) is 2.34. The van der Waals surface area contributed by atoms with Gasteiger partial charge in [0.25, 0.3) is 5.56 Å². The van der Waals surface area contributed by atoms with Crippen LogP contribution in [0.5, 0.6) is 5.75 Å². The van der Waals surface area contributed by atoms with Crippen LogP contribution in [0.2, 0.25) is 0 Å². The summed E-state index contributed by atoms with van der Waals surface area (Å²) in [5.74, 6) is 0.829. The Morgan fingerprint density at radius 2 is 2.28 bits per heavy atom. The van der Waals surface area contributed by atoms with Crippen LogP contribution in [-0.4, -0.2) is 18.2 Å². The predicted octanol–water partition coefficient (Wildman–Crippen LogP) is 2.75. The zero-order valence-corrected chi connectivity index (χ0v) is 11.8. The van der Waals surface area contributed by atoms with Crippen LogP contribution in [0.3, 0.4) is 0 Å².